The highest BCUT2D eigenvalue weighted by Gasteiger charge is 2.38. The summed E-state index contributed by atoms with van der Waals surface area (Å²) in [5, 5.41) is 0. The summed E-state index contributed by atoms with van der Waals surface area (Å²) in [4.78, 5) is 32.7. The highest BCUT2D eigenvalue weighted by molar-refractivity contribution is 7.46. The van der Waals surface area contributed by atoms with Crippen molar-refractivity contribution in [3.8, 4) is 0 Å². The molecule has 1 aliphatic heterocycles. The molecule has 118 valence electrons. The highest BCUT2D eigenvalue weighted by atomic mass is 31.2. The van der Waals surface area contributed by atoms with Gasteiger partial charge in [0.15, 0.2) is 0 Å². The summed E-state index contributed by atoms with van der Waals surface area (Å²) >= 11 is 0. The number of nitrogens with two attached hydrogens (primary N) is 1. The average Bonchev–Trinajstić information content (AvgIpc) is 2.78. The number of hydrogen-bond donors (Lipinski definition) is 3. The van der Waals surface area contributed by atoms with Gasteiger partial charge < -0.3 is 24.8 Å². The molecule has 2 unspecified atom stereocenters. The summed E-state index contributed by atoms with van der Waals surface area (Å²) in [6, 6.07) is 1.45. The lowest BCUT2D eigenvalue weighted by molar-refractivity contribution is -0.0394. The number of nitrogens with zero attached hydrogens (tertiary/aromatic N) is 2. The molecule has 2 rings (SSSR count). The number of phosphoric acid groups is 1. The second-order valence-electron chi connectivity index (χ2n) is 4.37. The molecular weight excluding hydrogens is 324 g/mol. The molecule has 4 N–H and O–H groups in total. The first kappa shape index (κ1) is 16.5. The molecule has 12 heteroatoms. The van der Waals surface area contributed by atoms with E-state index >= 15 is 0 Å². The van der Waals surface area contributed by atoms with Crippen LogP contribution >= 0.6 is 17.3 Å². The van der Waals surface area contributed by atoms with E-state index in [1.54, 1.807) is 0 Å². The van der Waals surface area contributed by atoms with Crippen molar-refractivity contribution in [1.29, 1.82) is 0 Å². The van der Waals surface area contributed by atoms with E-state index in [1.165, 1.54) is 16.8 Å². The first-order valence-electron chi connectivity index (χ1n) is 5.86. The smallest absolute Gasteiger partial charge is 0.383 e. The fourth-order valence-corrected chi connectivity index (χ4v) is 2.61. The largest absolute Gasteiger partial charge is 0.469 e. The van der Waals surface area contributed by atoms with E-state index in [0.29, 0.717) is 6.42 Å². The van der Waals surface area contributed by atoms with E-state index in [9.17, 15) is 9.36 Å². The van der Waals surface area contributed by atoms with E-state index < -0.39 is 31.9 Å². The van der Waals surface area contributed by atoms with Crippen LogP contribution in [0.1, 0.15) is 12.6 Å². The third-order valence-electron chi connectivity index (χ3n) is 2.92. The van der Waals surface area contributed by atoms with Crippen molar-refractivity contribution >= 4 is 23.1 Å². The first-order chi connectivity index (χ1) is 9.80. The number of aromatic nitrogens is 2. The van der Waals surface area contributed by atoms with E-state index in [-0.39, 0.29) is 12.4 Å². The Morgan fingerprint density at radius 3 is 2.90 bits per heavy atom. The maximum atomic E-state index is 11.7. The summed E-state index contributed by atoms with van der Waals surface area (Å²) in [5.41, 5.74) is 4.82. The van der Waals surface area contributed by atoms with Crippen LogP contribution in [0.2, 0.25) is 0 Å². The van der Waals surface area contributed by atoms with Gasteiger partial charge >= 0.3 is 13.5 Å². The topological polar surface area (TPSA) is 146 Å². The fraction of sp³-hybridized carbons (Fsp3) is 0.556. The van der Waals surface area contributed by atoms with Crippen molar-refractivity contribution in [1.82, 2.24) is 9.55 Å². The van der Waals surface area contributed by atoms with Gasteiger partial charge in [-0.05, 0) is 6.07 Å². The van der Waals surface area contributed by atoms with Crippen LogP contribution in [0.25, 0.3) is 0 Å². The number of hydrogen-bond acceptors (Lipinski definition) is 7. The van der Waals surface area contributed by atoms with Crippen LogP contribution in [0, 0.1) is 0 Å². The van der Waals surface area contributed by atoms with E-state index in [0.717, 1.165) is 0 Å². The van der Waals surface area contributed by atoms with Gasteiger partial charge in [-0.3, -0.25) is 9.09 Å². The Morgan fingerprint density at radius 2 is 2.33 bits per heavy atom. The SMILES string of the molecule is Nc1ccn([C@H]2CC(OP)[C@@H](COP(=O)(O)O)O2)c(=O)n1. The fourth-order valence-electron chi connectivity index (χ4n) is 1.98. The van der Waals surface area contributed by atoms with Gasteiger partial charge in [0.1, 0.15) is 18.1 Å². The quantitative estimate of drug-likeness (QED) is 0.598. The molecule has 0 spiro atoms. The van der Waals surface area contributed by atoms with Crippen LogP contribution in [0.4, 0.5) is 5.82 Å². The Labute approximate surface area is 121 Å². The number of phosphoric ester groups is 1. The molecular formula is C9H15N3O7P2. The Bertz CT molecular complexity index is 603. The molecule has 0 aromatic carbocycles. The summed E-state index contributed by atoms with van der Waals surface area (Å²) in [6.45, 7) is -0.364. The van der Waals surface area contributed by atoms with Crippen LogP contribution in [0.3, 0.4) is 0 Å². The molecule has 0 aliphatic carbocycles. The first-order valence-corrected chi connectivity index (χ1v) is 7.86. The van der Waals surface area contributed by atoms with Gasteiger partial charge in [0.2, 0.25) is 0 Å². The van der Waals surface area contributed by atoms with Gasteiger partial charge in [-0.15, -0.1) is 0 Å². The number of ether oxygens (including phenoxy) is 1. The lowest BCUT2D eigenvalue weighted by atomic mass is 10.2. The third kappa shape index (κ3) is 4.31. The molecule has 1 aromatic rings. The minimum absolute atomic E-state index is 0.0921. The highest BCUT2D eigenvalue weighted by Crippen LogP contribution is 2.38. The molecule has 4 atom stereocenters. The third-order valence-corrected chi connectivity index (χ3v) is 3.76. The Morgan fingerprint density at radius 1 is 1.62 bits per heavy atom. The van der Waals surface area contributed by atoms with E-state index in [2.05, 4.69) is 9.51 Å². The summed E-state index contributed by atoms with van der Waals surface area (Å²) in [7, 11) is -2.55. The van der Waals surface area contributed by atoms with Crippen molar-refractivity contribution in [2.45, 2.75) is 24.9 Å². The zero-order valence-electron chi connectivity index (χ0n) is 10.7. The summed E-state index contributed by atoms with van der Waals surface area (Å²) < 4.78 is 27.0. The second-order valence-corrected chi connectivity index (χ2v) is 5.88. The molecule has 0 saturated carbocycles. The van der Waals surface area contributed by atoms with Gasteiger partial charge in [-0.2, -0.15) is 4.98 Å². The van der Waals surface area contributed by atoms with Crippen LogP contribution in [0.15, 0.2) is 17.1 Å². The summed E-state index contributed by atoms with van der Waals surface area (Å²) in [5.74, 6) is 0.0921. The van der Waals surface area contributed by atoms with Crippen LogP contribution in [-0.2, 0) is 18.3 Å². The van der Waals surface area contributed by atoms with E-state index in [1.807, 2.05) is 9.47 Å². The number of nitrogen functional groups attached to an aromatic ring is 1. The molecule has 0 amide bonds. The zero-order chi connectivity index (χ0) is 15.6. The van der Waals surface area contributed by atoms with Gasteiger partial charge in [0.05, 0.1) is 12.7 Å². The predicted molar refractivity (Wildman–Crippen MR) is 74.0 cm³/mol. The average molecular weight is 339 g/mol. The van der Waals surface area contributed by atoms with Gasteiger partial charge in [0.25, 0.3) is 0 Å². The Kier molecular flexibility index (Phi) is 5.11. The number of rotatable bonds is 5. The maximum Gasteiger partial charge on any atom is 0.469 e. The van der Waals surface area contributed by atoms with Crippen molar-refractivity contribution in [2.75, 3.05) is 12.3 Å². The lowest BCUT2D eigenvalue weighted by Gasteiger charge is -2.17. The van der Waals surface area contributed by atoms with Crippen molar-refractivity contribution in [3.63, 3.8) is 0 Å². The van der Waals surface area contributed by atoms with Gasteiger partial charge in [-0.1, -0.05) is 0 Å². The van der Waals surface area contributed by atoms with Gasteiger partial charge in [-0.25, -0.2) is 9.36 Å². The lowest BCUT2D eigenvalue weighted by Crippen LogP contribution is -2.28. The molecule has 1 saturated heterocycles. The maximum absolute atomic E-state index is 11.7. The monoisotopic (exact) mass is 339 g/mol. The second kappa shape index (κ2) is 6.50. The molecule has 10 nitrogen and oxygen atoms in total. The molecule has 1 aromatic heterocycles. The van der Waals surface area contributed by atoms with Gasteiger partial charge in [0, 0.05) is 22.1 Å². The Balaban J connectivity index is 2.11. The number of anilines is 1. The molecule has 1 fully saturated rings. The molecule has 0 radical (unpaired) electrons. The minimum Gasteiger partial charge on any atom is -0.383 e. The minimum atomic E-state index is -4.60. The molecule has 2 heterocycles. The van der Waals surface area contributed by atoms with Crippen LogP contribution in [0.5, 0.6) is 0 Å². The molecule has 1 aliphatic rings. The van der Waals surface area contributed by atoms with Crippen molar-refractivity contribution in [3.05, 3.63) is 22.7 Å². The Hall–Kier alpha value is -0.860. The normalized spacial score (nSPS) is 26.1. The van der Waals surface area contributed by atoms with E-state index in [4.69, 9.17) is 24.8 Å². The predicted octanol–water partition coefficient (Wildman–Crippen LogP) is -0.602. The van der Waals surface area contributed by atoms with Crippen molar-refractivity contribution in [2.24, 2.45) is 0 Å². The van der Waals surface area contributed by atoms with Crippen molar-refractivity contribution < 1.29 is 28.1 Å². The standard InChI is InChI=1S/C9H15N3O7P2/c10-7-1-2-12(9(13)11-7)8-3-5(19-20)6(18-8)4-17-21(14,15)16/h1-2,5-6,8H,3-4,20H2,(H2,10,11,13)(H2,14,15,16)/t5?,6-,8-/m1/s1. The van der Waals surface area contributed by atoms with Crippen LogP contribution in [-0.4, -0.2) is 38.2 Å². The zero-order valence-corrected chi connectivity index (χ0v) is 12.8. The summed E-state index contributed by atoms with van der Waals surface area (Å²) in [6.07, 6.45) is -0.187. The molecule has 21 heavy (non-hydrogen) atoms. The van der Waals surface area contributed by atoms with Crippen LogP contribution < -0.4 is 11.4 Å². The molecule has 0 bridgehead atoms.